The highest BCUT2D eigenvalue weighted by Crippen LogP contribution is 2.60. The van der Waals surface area contributed by atoms with Crippen LogP contribution in [0.3, 0.4) is 0 Å². The van der Waals surface area contributed by atoms with Crippen molar-refractivity contribution in [2.45, 2.75) is 50.3 Å². The second kappa shape index (κ2) is 6.95. The molecule has 1 heterocycles. The number of hydrogen-bond acceptors (Lipinski definition) is 5. The van der Waals surface area contributed by atoms with Crippen LogP contribution < -0.4 is 0 Å². The van der Waals surface area contributed by atoms with Crippen LogP contribution in [0.2, 0.25) is 5.02 Å². The number of nitro groups is 1. The summed E-state index contributed by atoms with van der Waals surface area (Å²) in [6, 6.07) is 15.1. The minimum atomic E-state index is -0.484. The Morgan fingerprint density at radius 2 is 1.68 bits per heavy atom. The number of nitrogens with zero attached hydrogens (tertiary/aromatic N) is 3. The van der Waals surface area contributed by atoms with E-state index in [1.54, 1.807) is 12.1 Å². The van der Waals surface area contributed by atoms with Gasteiger partial charge >= 0.3 is 0 Å². The van der Waals surface area contributed by atoms with Crippen LogP contribution in [0, 0.1) is 27.9 Å². The summed E-state index contributed by atoms with van der Waals surface area (Å²) in [5.41, 5.74) is 1.63. The molecule has 4 fully saturated rings. The number of halogens is 1. The fourth-order valence-electron chi connectivity index (χ4n) is 6.95. The average Bonchev–Trinajstić information content (AvgIpc) is 3.20. The predicted molar refractivity (Wildman–Crippen MR) is 118 cm³/mol. The maximum Gasteiger partial charge on any atom is 0.288 e. The Morgan fingerprint density at radius 1 is 1.03 bits per heavy atom. The molecule has 160 valence electrons. The van der Waals surface area contributed by atoms with Crippen LogP contribution in [0.15, 0.2) is 53.7 Å². The maximum atomic E-state index is 11.5. The summed E-state index contributed by atoms with van der Waals surface area (Å²) in [5, 5.41) is 16.2. The number of rotatable bonds is 4. The van der Waals surface area contributed by atoms with Crippen molar-refractivity contribution in [2.75, 3.05) is 0 Å². The second-order valence-corrected chi connectivity index (χ2v) is 10.1. The average molecular weight is 438 g/mol. The van der Waals surface area contributed by atoms with Crippen LogP contribution in [0.4, 0.5) is 5.69 Å². The largest absolute Gasteiger partial charge is 0.363 e. The SMILES string of the molecule is O=[N+]([O-])c1cc(C2ON=C(c3ccccc3)N2C23CC4CC(CC(C4)C2)C3)ccc1Cl. The Bertz CT molecular complexity index is 1040. The monoisotopic (exact) mass is 437 g/mol. The molecule has 4 saturated carbocycles. The van der Waals surface area contributed by atoms with Gasteiger partial charge in [0.2, 0.25) is 6.23 Å². The first kappa shape index (κ1) is 19.1. The molecule has 5 aliphatic rings. The Hall–Kier alpha value is -2.60. The molecule has 31 heavy (non-hydrogen) atoms. The minimum Gasteiger partial charge on any atom is -0.363 e. The normalized spacial score (nSPS) is 33.3. The minimum absolute atomic E-state index is 0.0149. The zero-order chi connectivity index (χ0) is 21.2. The highest BCUT2D eigenvalue weighted by atomic mass is 35.5. The number of hydrogen-bond donors (Lipinski definition) is 0. The molecule has 0 amide bonds. The highest BCUT2D eigenvalue weighted by Gasteiger charge is 2.57. The van der Waals surface area contributed by atoms with E-state index >= 15 is 0 Å². The van der Waals surface area contributed by atoms with Crippen molar-refractivity contribution in [3.8, 4) is 0 Å². The van der Waals surface area contributed by atoms with Crippen molar-refractivity contribution >= 4 is 23.1 Å². The summed E-state index contributed by atoms with van der Waals surface area (Å²) in [7, 11) is 0. The van der Waals surface area contributed by atoms with Crippen molar-refractivity contribution in [2.24, 2.45) is 22.9 Å². The molecule has 1 atom stereocenters. The number of amidine groups is 1. The third-order valence-electron chi connectivity index (χ3n) is 7.70. The van der Waals surface area contributed by atoms with E-state index in [0.29, 0.717) is 0 Å². The second-order valence-electron chi connectivity index (χ2n) is 9.72. The quantitative estimate of drug-likeness (QED) is 0.440. The Labute approximate surface area is 186 Å². The predicted octanol–water partition coefficient (Wildman–Crippen LogP) is 5.91. The first-order valence-corrected chi connectivity index (χ1v) is 11.4. The van der Waals surface area contributed by atoms with E-state index in [1.165, 1.54) is 19.3 Å². The first-order valence-electron chi connectivity index (χ1n) is 11.0. The van der Waals surface area contributed by atoms with Gasteiger partial charge in [-0.25, -0.2) is 0 Å². The lowest BCUT2D eigenvalue weighted by Gasteiger charge is -2.60. The fourth-order valence-corrected chi connectivity index (χ4v) is 7.13. The lowest BCUT2D eigenvalue weighted by atomic mass is 9.52. The highest BCUT2D eigenvalue weighted by molar-refractivity contribution is 6.32. The van der Waals surface area contributed by atoms with Crippen molar-refractivity contribution < 1.29 is 9.76 Å². The van der Waals surface area contributed by atoms with E-state index in [0.717, 1.165) is 54.0 Å². The van der Waals surface area contributed by atoms with Gasteiger partial charge in [0.1, 0.15) is 5.02 Å². The zero-order valence-electron chi connectivity index (χ0n) is 17.1. The molecule has 4 aliphatic carbocycles. The van der Waals surface area contributed by atoms with E-state index in [4.69, 9.17) is 16.4 Å². The van der Waals surface area contributed by atoms with E-state index in [1.807, 2.05) is 24.3 Å². The van der Waals surface area contributed by atoms with Gasteiger partial charge < -0.3 is 9.74 Å². The lowest BCUT2D eigenvalue weighted by Crippen LogP contribution is -2.61. The van der Waals surface area contributed by atoms with Gasteiger partial charge in [0.05, 0.1) is 4.92 Å². The summed E-state index contributed by atoms with van der Waals surface area (Å²) >= 11 is 6.09. The smallest absolute Gasteiger partial charge is 0.288 e. The molecule has 7 heteroatoms. The molecule has 1 unspecified atom stereocenters. The topological polar surface area (TPSA) is 68.0 Å². The van der Waals surface area contributed by atoms with Gasteiger partial charge in [0.25, 0.3) is 5.69 Å². The van der Waals surface area contributed by atoms with Crippen LogP contribution in [0.25, 0.3) is 0 Å². The van der Waals surface area contributed by atoms with E-state index < -0.39 is 11.2 Å². The van der Waals surface area contributed by atoms with Crippen molar-refractivity contribution in [3.63, 3.8) is 0 Å². The summed E-state index contributed by atoms with van der Waals surface area (Å²) < 4.78 is 0. The lowest BCUT2D eigenvalue weighted by molar-refractivity contribution is -0.384. The standard InChI is InChI=1S/C24H24ClN3O3/c25-20-7-6-19(11-21(20)28(29)30)23-27(22(26-31-23)18-4-2-1-3-5-18)24-12-15-8-16(13-24)10-17(9-15)14-24/h1-7,11,15-17,23H,8-10,12-14H2. The van der Waals surface area contributed by atoms with Gasteiger partial charge in [-0.05, 0) is 62.3 Å². The molecular formula is C24H24ClN3O3. The van der Waals surface area contributed by atoms with Gasteiger partial charge in [-0.3, -0.25) is 10.1 Å². The van der Waals surface area contributed by atoms with Gasteiger partial charge in [-0.2, -0.15) is 0 Å². The van der Waals surface area contributed by atoms with Crippen LogP contribution in [0.1, 0.15) is 55.9 Å². The third kappa shape index (κ3) is 3.03. The summed E-state index contributed by atoms with van der Waals surface area (Å²) in [6.45, 7) is 0. The summed E-state index contributed by atoms with van der Waals surface area (Å²) in [4.78, 5) is 19.5. The molecule has 0 spiro atoms. The van der Waals surface area contributed by atoms with Gasteiger partial charge in [0.15, 0.2) is 5.84 Å². The van der Waals surface area contributed by atoms with Crippen LogP contribution in [-0.4, -0.2) is 21.2 Å². The number of oxime groups is 1. The molecule has 0 N–H and O–H groups in total. The van der Waals surface area contributed by atoms with Gasteiger partial charge in [-0.1, -0.05) is 53.2 Å². The third-order valence-corrected chi connectivity index (χ3v) is 8.02. The first-order chi connectivity index (χ1) is 15.0. The number of benzene rings is 2. The van der Waals surface area contributed by atoms with Crippen molar-refractivity contribution in [1.29, 1.82) is 0 Å². The van der Waals surface area contributed by atoms with Crippen LogP contribution >= 0.6 is 11.6 Å². The molecule has 4 bridgehead atoms. The van der Waals surface area contributed by atoms with E-state index in [-0.39, 0.29) is 16.2 Å². The van der Waals surface area contributed by atoms with Crippen LogP contribution in [-0.2, 0) is 4.84 Å². The Balaban J connectivity index is 1.46. The van der Waals surface area contributed by atoms with Gasteiger partial charge in [-0.15, -0.1) is 0 Å². The molecule has 7 rings (SSSR count). The molecule has 2 aromatic rings. The van der Waals surface area contributed by atoms with E-state index in [9.17, 15) is 10.1 Å². The summed E-state index contributed by atoms with van der Waals surface area (Å²) in [6.07, 6.45) is 6.94. The molecular weight excluding hydrogens is 414 g/mol. The Kier molecular flexibility index (Phi) is 4.29. The molecule has 0 radical (unpaired) electrons. The Morgan fingerprint density at radius 3 is 2.29 bits per heavy atom. The molecule has 0 saturated heterocycles. The van der Waals surface area contributed by atoms with Crippen LogP contribution in [0.5, 0.6) is 0 Å². The van der Waals surface area contributed by atoms with Crippen molar-refractivity contribution in [3.05, 3.63) is 74.8 Å². The molecule has 6 nitrogen and oxygen atoms in total. The van der Waals surface area contributed by atoms with E-state index in [2.05, 4.69) is 22.2 Å². The van der Waals surface area contributed by atoms with Crippen molar-refractivity contribution in [1.82, 2.24) is 4.90 Å². The fraction of sp³-hybridized carbons (Fsp3) is 0.458. The molecule has 1 aliphatic heterocycles. The molecule has 0 aromatic heterocycles. The number of nitro benzene ring substituents is 1. The zero-order valence-corrected chi connectivity index (χ0v) is 17.9. The summed E-state index contributed by atoms with van der Waals surface area (Å²) in [5.74, 6) is 3.10. The molecule has 2 aromatic carbocycles. The maximum absolute atomic E-state index is 11.5. The van der Waals surface area contributed by atoms with Gasteiger partial charge in [0, 0.05) is 22.7 Å².